The molecule has 1 aromatic heterocycles. The Morgan fingerprint density at radius 3 is 2.53 bits per heavy atom. The molecule has 1 atom stereocenters. The van der Waals surface area contributed by atoms with Gasteiger partial charge in [0, 0.05) is 20.0 Å². The Balaban J connectivity index is 2.07. The molecule has 3 rings (SSSR count). The highest BCUT2D eigenvalue weighted by atomic mass is 16.6. The second kappa shape index (κ2) is 8.28. The Kier molecular flexibility index (Phi) is 5.77. The Morgan fingerprint density at radius 1 is 1.20 bits per heavy atom. The van der Waals surface area contributed by atoms with Crippen molar-refractivity contribution in [3.8, 4) is 0 Å². The van der Waals surface area contributed by atoms with Crippen LogP contribution in [0.15, 0.2) is 67.0 Å². The van der Waals surface area contributed by atoms with Gasteiger partial charge in [-0.05, 0) is 40.6 Å². The summed E-state index contributed by atoms with van der Waals surface area (Å²) in [6.07, 6.45) is 4.53. The largest absolute Gasteiger partial charge is 0.370 e. The summed E-state index contributed by atoms with van der Waals surface area (Å²) < 4.78 is 0. The average Bonchev–Trinajstić information content (AvgIpc) is 2.74. The molecular formula is C22H22N4O4. The Labute approximate surface area is 174 Å². The van der Waals surface area contributed by atoms with Crippen LogP contribution in [0.3, 0.4) is 0 Å². The highest BCUT2D eigenvalue weighted by Crippen LogP contribution is 2.33. The van der Waals surface area contributed by atoms with Crippen molar-refractivity contribution >= 4 is 23.7 Å². The van der Waals surface area contributed by atoms with Crippen LogP contribution in [0.2, 0.25) is 0 Å². The van der Waals surface area contributed by atoms with Crippen LogP contribution in [0.25, 0.3) is 6.08 Å². The molecule has 8 heteroatoms. The van der Waals surface area contributed by atoms with E-state index in [1.54, 1.807) is 13.0 Å². The maximum atomic E-state index is 13.4. The molecule has 0 radical (unpaired) electrons. The Hall–Kier alpha value is -3.81. The van der Waals surface area contributed by atoms with Crippen molar-refractivity contribution in [1.29, 1.82) is 0 Å². The van der Waals surface area contributed by atoms with Gasteiger partial charge in [-0.25, -0.2) is 0 Å². The van der Waals surface area contributed by atoms with Crippen molar-refractivity contribution in [3.05, 3.63) is 88.3 Å². The third-order valence-corrected chi connectivity index (χ3v) is 5.17. The molecule has 1 aliphatic rings. The molecule has 1 fully saturated rings. The number of hydrogen-bond donors (Lipinski definition) is 0. The standard InChI is InChI=1S/C22H22N4O4/c1-4-13-25-20(27)18(14-17-11-8-12-23-19(17)26(29)30)24(3)21(28)22(25,2)15-16-9-6-5-7-10-16/h4-12,14H,1,13,15H2,2-3H3/b18-14-. The second-order valence-electron chi connectivity index (χ2n) is 7.21. The van der Waals surface area contributed by atoms with Crippen LogP contribution in [-0.4, -0.2) is 50.7 Å². The average molecular weight is 406 g/mol. The normalized spacial score (nSPS) is 20.5. The van der Waals surface area contributed by atoms with Gasteiger partial charge in [-0.15, -0.1) is 6.58 Å². The molecule has 1 unspecified atom stereocenters. The topological polar surface area (TPSA) is 96.7 Å². The van der Waals surface area contributed by atoms with Crippen molar-refractivity contribution in [2.24, 2.45) is 0 Å². The fourth-order valence-corrected chi connectivity index (χ4v) is 3.65. The fourth-order valence-electron chi connectivity index (χ4n) is 3.65. The molecule has 1 aliphatic heterocycles. The zero-order chi connectivity index (χ0) is 21.9. The Bertz CT molecular complexity index is 1030. The van der Waals surface area contributed by atoms with Gasteiger partial charge in [0.2, 0.25) is 0 Å². The number of carbonyl (C=O) groups is 2. The van der Waals surface area contributed by atoms with E-state index in [0.717, 1.165) is 5.56 Å². The van der Waals surface area contributed by atoms with Gasteiger partial charge in [0.05, 0.1) is 5.56 Å². The van der Waals surface area contributed by atoms with Gasteiger partial charge in [-0.3, -0.25) is 9.59 Å². The van der Waals surface area contributed by atoms with Gasteiger partial charge in [0.1, 0.15) is 17.4 Å². The van der Waals surface area contributed by atoms with Crippen molar-refractivity contribution in [2.75, 3.05) is 13.6 Å². The minimum Gasteiger partial charge on any atom is -0.358 e. The number of carbonyl (C=O) groups excluding carboxylic acids is 2. The van der Waals surface area contributed by atoms with E-state index in [2.05, 4.69) is 11.6 Å². The molecule has 0 aliphatic carbocycles. The lowest BCUT2D eigenvalue weighted by Crippen LogP contribution is -2.65. The van der Waals surface area contributed by atoms with E-state index in [0.29, 0.717) is 6.42 Å². The van der Waals surface area contributed by atoms with Crippen molar-refractivity contribution < 1.29 is 14.5 Å². The SMILES string of the molecule is C=CCN1C(=O)/C(=C/c2cccnc2[N+](=O)[O-])N(C)C(=O)C1(C)Cc1ccccc1. The predicted octanol–water partition coefficient (Wildman–Crippen LogP) is 2.82. The van der Waals surface area contributed by atoms with Crippen LogP contribution in [0, 0.1) is 10.1 Å². The lowest BCUT2D eigenvalue weighted by Gasteiger charge is -2.47. The zero-order valence-corrected chi connectivity index (χ0v) is 16.8. The van der Waals surface area contributed by atoms with E-state index < -0.39 is 16.4 Å². The monoisotopic (exact) mass is 406 g/mol. The summed E-state index contributed by atoms with van der Waals surface area (Å²) in [7, 11) is 1.50. The quantitative estimate of drug-likeness (QED) is 0.318. The van der Waals surface area contributed by atoms with Gasteiger partial charge < -0.3 is 19.9 Å². The van der Waals surface area contributed by atoms with E-state index in [9.17, 15) is 19.7 Å². The van der Waals surface area contributed by atoms with Crippen LogP contribution in [0.5, 0.6) is 0 Å². The molecule has 2 aromatic rings. The second-order valence-corrected chi connectivity index (χ2v) is 7.21. The first-order valence-electron chi connectivity index (χ1n) is 9.35. The van der Waals surface area contributed by atoms with Gasteiger partial charge in [-0.1, -0.05) is 36.4 Å². The van der Waals surface area contributed by atoms with E-state index in [1.807, 2.05) is 30.3 Å². The summed E-state index contributed by atoms with van der Waals surface area (Å²) in [5, 5.41) is 11.3. The van der Waals surface area contributed by atoms with Gasteiger partial charge in [0.25, 0.3) is 11.8 Å². The van der Waals surface area contributed by atoms with Crippen LogP contribution in [0.1, 0.15) is 18.1 Å². The zero-order valence-electron chi connectivity index (χ0n) is 16.8. The number of hydrogen-bond acceptors (Lipinski definition) is 5. The molecule has 8 nitrogen and oxygen atoms in total. The van der Waals surface area contributed by atoms with E-state index in [-0.39, 0.29) is 29.5 Å². The third-order valence-electron chi connectivity index (χ3n) is 5.17. The highest BCUT2D eigenvalue weighted by molar-refractivity contribution is 6.09. The maximum Gasteiger partial charge on any atom is 0.370 e. The Morgan fingerprint density at radius 2 is 1.90 bits per heavy atom. The minimum atomic E-state index is -1.13. The van der Waals surface area contributed by atoms with Crippen LogP contribution in [0.4, 0.5) is 5.82 Å². The van der Waals surface area contributed by atoms with Crippen LogP contribution >= 0.6 is 0 Å². The number of amides is 2. The lowest BCUT2D eigenvalue weighted by molar-refractivity contribution is -0.389. The first-order valence-corrected chi connectivity index (χ1v) is 9.35. The summed E-state index contributed by atoms with van der Waals surface area (Å²) in [6, 6.07) is 12.5. The molecule has 1 aromatic carbocycles. The molecule has 0 bridgehead atoms. The number of benzene rings is 1. The van der Waals surface area contributed by atoms with E-state index >= 15 is 0 Å². The molecule has 0 spiro atoms. The van der Waals surface area contributed by atoms with Crippen LogP contribution in [-0.2, 0) is 16.0 Å². The molecule has 2 heterocycles. The summed E-state index contributed by atoms with van der Waals surface area (Å²) >= 11 is 0. The molecule has 0 saturated carbocycles. The highest BCUT2D eigenvalue weighted by Gasteiger charge is 2.50. The summed E-state index contributed by atoms with van der Waals surface area (Å²) in [5.41, 5.74) is -0.0160. The van der Waals surface area contributed by atoms with Gasteiger partial charge in [-0.2, -0.15) is 0 Å². The van der Waals surface area contributed by atoms with Crippen molar-refractivity contribution in [2.45, 2.75) is 18.9 Å². The van der Waals surface area contributed by atoms with Crippen LogP contribution < -0.4 is 0 Å². The molecule has 154 valence electrons. The van der Waals surface area contributed by atoms with Gasteiger partial charge in [0.15, 0.2) is 0 Å². The number of piperazine rings is 1. The first kappa shape index (κ1) is 20.9. The smallest absolute Gasteiger partial charge is 0.358 e. The number of likely N-dealkylation sites (N-methyl/N-ethyl adjacent to an activating group) is 1. The summed E-state index contributed by atoms with van der Waals surface area (Å²) in [5.74, 6) is -1.08. The predicted molar refractivity (Wildman–Crippen MR) is 112 cm³/mol. The number of rotatable bonds is 6. The first-order chi connectivity index (χ1) is 14.3. The molecular weight excluding hydrogens is 384 g/mol. The van der Waals surface area contributed by atoms with Crippen molar-refractivity contribution in [1.82, 2.24) is 14.8 Å². The van der Waals surface area contributed by atoms with E-state index in [4.69, 9.17) is 0 Å². The minimum absolute atomic E-state index is 0.0449. The number of aromatic nitrogens is 1. The van der Waals surface area contributed by atoms with Gasteiger partial charge >= 0.3 is 5.82 Å². The molecule has 0 N–H and O–H groups in total. The number of nitrogens with zero attached hydrogens (tertiary/aromatic N) is 4. The molecule has 2 amide bonds. The number of nitro groups is 1. The summed E-state index contributed by atoms with van der Waals surface area (Å²) in [4.78, 5) is 44.0. The molecule has 1 saturated heterocycles. The lowest BCUT2D eigenvalue weighted by atomic mass is 9.86. The maximum absolute atomic E-state index is 13.4. The fraction of sp³-hybridized carbons (Fsp3) is 0.227. The molecule has 30 heavy (non-hydrogen) atoms. The van der Waals surface area contributed by atoms with E-state index in [1.165, 1.54) is 41.3 Å². The third kappa shape index (κ3) is 3.71. The van der Waals surface area contributed by atoms with Crippen molar-refractivity contribution in [3.63, 3.8) is 0 Å². The summed E-state index contributed by atoms with van der Waals surface area (Å²) in [6.45, 7) is 5.60. The number of pyridine rings is 1.